The average molecular weight is 255 g/mol. The Labute approximate surface area is 108 Å². The van der Waals surface area contributed by atoms with Crippen molar-refractivity contribution in [1.29, 1.82) is 0 Å². The Hall–Kier alpha value is -0.930. The lowest BCUT2D eigenvalue weighted by Crippen LogP contribution is -2.33. The van der Waals surface area contributed by atoms with Crippen LogP contribution in [-0.4, -0.2) is 32.8 Å². The second kappa shape index (κ2) is 5.61. The molecule has 1 aliphatic heterocycles. The molecule has 1 aromatic carbocycles. The van der Waals surface area contributed by atoms with E-state index in [4.69, 9.17) is 16.3 Å². The molecule has 4 heteroatoms. The second-order valence-electron chi connectivity index (χ2n) is 4.31. The molecular formula is C13H19ClN2O. The molecule has 0 bridgehead atoms. The Morgan fingerprint density at radius 1 is 1.53 bits per heavy atom. The zero-order valence-electron chi connectivity index (χ0n) is 10.4. The SMILES string of the molecule is CCOc1ccc(N(C)C2CCNC2)cc1Cl. The Balaban J connectivity index is 2.12. The van der Waals surface area contributed by atoms with Gasteiger partial charge in [0.1, 0.15) is 5.75 Å². The smallest absolute Gasteiger partial charge is 0.138 e. The molecule has 0 aliphatic carbocycles. The Morgan fingerprint density at radius 2 is 2.35 bits per heavy atom. The first-order valence-corrected chi connectivity index (χ1v) is 6.46. The van der Waals surface area contributed by atoms with E-state index in [2.05, 4.69) is 23.3 Å². The van der Waals surface area contributed by atoms with Crippen LogP contribution in [-0.2, 0) is 0 Å². The van der Waals surface area contributed by atoms with Crippen molar-refractivity contribution in [2.24, 2.45) is 0 Å². The fraction of sp³-hybridized carbons (Fsp3) is 0.538. The van der Waals surface area contributed by atoms with Gasteiger partial charge in [0.25, 0.3) is 0 Å². The van der Waals surface area contributed by atoms with E-state index < -0.39 is 0 Å². The largest absolute Gasteiger partial charge is 0.492 e. The lowest BCUT2D eigenvalue weighted by Gasteiger charge is -2.26. The number of nitrogens with zero attached hydrogens (tertiary/aromatic N) is 1. The molecule has 1 fully saturated rings. The van der Waals surface area contributed by atoms with Gasteiger partial charge in [-0.2, -0.15) is 0 Å². The van der Waals surface area contributed by atoms with Gasteiger partial charge in [0.15, 0.2) is 0 Å². The molecule has 1 unspecified atom stereocenters. The zero-order valence-corrected chi connectivity index (χ0v) is 11.1. The maximum atomic E-state index is 6.19. The highest BCUT2D eigenvalue weighted by Gasteiger charge is 2.19. The van der Waals surface area contributed by atoms with E-state index >= 15 is 0 Å². The molecular weight excluding hydrogens is 236 g/mol. The third-order valence-electron chi connectivity index (χ3n) is 3.20. The summed E-state index contributed by atoms with van der Waals surface area (Å²) in [5, 5.41) is 4.05. The molecule has 1 N–H and O–H groups in total. The van der Waals surface area contributed by atoms with E-state index in [9.17, 15) is 0 Å². The maximum absolute atomic E-state index is 6.19. The quantitative estimate of drug-likeness (QED) is 0.894. The van der Waals surface area contributed by atoms with Crippen LogP contribution in [0.2, 0.25) is 5.02 Å². The van der Waals surface area contributed by atoms with Crippen LogP contribution in [0.15, 0.2) is 18.2 Å². The molecule has 94 valence electrons. The molecule has 1 aromatic rings. The Kier molecular flexibility index (Phi) is 4.13. The molecule has 17 heavy (non-hydrogen) atoms. The van der Waals surface area contributed by atoms with E-state index in [0.717, 1.165) is 24.5 Å². The van der Waals surface area contributed by atoms with Gasteiger partial charge in [-0.1, -0.05) is 11.6 Å². The number of halogens is 1. The van der Waals surface area contributed by atoms with Gasteiger partial charge in [0.05, 0.1) is 11.6 Å². The summed E-state index contributed by atoms with van der Waals surface area (Å²) in [6.45, 7) is 4.74. The normalized spacial score (nSPS) is 19.4. The summed E-state index contributed by atoms with van der Waals surface area (Å²) < 4.78 is 5.43. The summed E-state index contributed by atoms with van der Waals surface area (Å²) in [4.78, 5) is 2.28. The predicted molar refractivity (Wildman–Crippen MR) is 72.3 cm³/mol. The van der Waals surface area contributed by atoms with Crippen molar-refractivity contribution in [3.05, 3.63) is 23.2 Å². The highest BCUT2D eigenvalue weighted by Crippen LogP contribution is 2.30. The lowest BCUT2D eigenvalue weighted by molar-refractivity contribution is 0.340. The number of rotatable bonds is 4. The maximum Gasteiger partial charge on any atom is 0.138 e. The first-order chi connectivity index (χ1) is 8.22. The van der Waals surface area contributed by atoms with Gasteiger partial charge in [-0.3, -0.25) is 0 Å². The van der Waals surface area contributed by atoms with Crippen molar-refractivity contribution in [3.8, 4) is 5.75 Å². The monoisotopic (exact) mass is 254 g/mol. The molecule has 2 rings (SSSR count). The number of hydrogen-bond donors (Lipinski definition) is 1. The summed E-state index contributed by atoms with van der Waals surface area (Å²) in [7, 11) is 2.11. The van der Waals surface area contributed by atoms with Crippen molar-refractivity contribution in [2.75, 3.05) is 31.6 Å². The van der Waals surface area contributed by atoms with Gasteiger partial charge < -0.3 is 15.0 Å². The first kappa shape index (κ1) is 12.5. The number of ether oxygens (including phenoxy) is 1. The highest BCUT2D eigenvalue weighted by atomic mass is 35.5. The van der Waals surface area contributed by atoms with E-state index in [1.807, 2.05) is 19.1 Å². The molecule has 0 saturated carbocycles. The molecule has 1 atom stereocenters. The van der Waals surface area contributed by atoms with Crippen LogP contribution in [0.3, 0.4) is 0 Å². The van der Waals surface area contributed by atoms with Crippen LogP contribution in [0.5, 0.6) is 5.75 Å². The van der Waals surface area contributed by atoms with Crippen molar-refractivity contribution in [1.82, 2.24) is 5.32 Å². The second-order valence-corrected chi connectivity index (χ2v) is 4.71. The molecule has 1 aliphatic rings. The number of anilines is 1. The number of benzene rings is 1. The molecule has 1 saturated heterocycles. The standard InChI is InChI=1S/C13H19ClN2O/c1-3-17-13-5-4-10(8-12(13)14)16(2)11-6-7-15-9-11/h4-5,8,11,15H,3,6-7,9H2,1-2H3. The fourth-order valence-electron chi connectivity index (χ4n) is 2.16. The molecule has 3 nitrogen and oxygen atoms in total. The number of nitrogens with one attached hydrogen (secondary N) is 1. The third-order valence-corrected chi connectivity index (χ3v) is 3.50. The zero-order chi connectivity index (χ0) is 12.3. The van der Waals surface area contributed by atoms with Gasteiger partial charge in [0.2, 0.25) is 0 Å². The average Bonchev–Trinajstić information content (AvgIpc) is 2.84. The van der Waals surface area contributed by atoms with Gasteiger partial charge in [-0.05, 0) is 38.1 Å². The van der Waals surface area contributed by atoms with Crippen molar-refractivity contribution in [3.63, 3.8) is 0 Å². The highest BCUT2D eigenvalue weighted by molar-refractivity contribution is 6.32. The van der Waals surface area contributed by atoms with Crippen molar-refractivity contribution in [2.45, 2.75) is 19.4 Å². The molecule has 0 radical (unpaired) electrons. The van der Waals surface area contributed by atoms with Crippen molar-refractivity contribution < 1.29 is 4.74 Å². The van der Waals surface area contributed by atoms with Gasteiger partial charge >= 0.3 is 0 Å². The third kappa shape index (κ3) is 2.85. The van der Waals surface area contributed by atoms with Crippen LogP contribution in [0, 0.1) is 0 Å². The first-order valence-electron chi connectivity index (χ1n) is 6.08. The topological polar surface area (TPSA) is 24.5 Å². The molecule has 0 amide bonds. The minimum absolute atomic E-state index is 0.559. The minimum Gasteiger partial charge on any atom is -0.492 e. The summed E-state index contributed by atoms with van der Waals surface area (Å²) in [6, 6.07) is 6.55. The summed E-state index contributed by atoms with van der Waals surface area (Å²) in [5.74, 6) is 0.760. The fourth-order valence-corrected chi connectivity index (χ4v) is 2.39. The van der Waals surface area contributed by atoms with E-state index in [0.29, 0.717) is 17.7 Å². The predicted octanol–water partition coefficient (Wildman–Crippen LogP) is 2.54. The molecule has 0 spiro atoms. The van der Waals surface area contributed by atoms with E-state index in [1.165, 1.54) is 6.42 Å². The van der Waals surface area contributed by atoms with Crippen LogP contribution in [0.1, 0.15) is 13.3 Å². The van der Waals surface area contributed by atoms with Gasteiger partial charge in [-0.15, -0.1) is 0 Å². The minimum atomic E-state index is 0.559. The number of hydrogen-bond acceptors (Lipinski definition) is 3. The van der Waals surface area contributed by atoms with Gasteiger partial charge in [0, 0.05) is 25.3 Å². The number of likely N-dealkylation sites (N-methyl/N-ethyl adjacent to an activating group) is 1. The van der Waals surface area contributed by atoms with Crippen LogP contribution >= 0.6 is 11.6 Å². The Morgan fingerprint density at radius 3 is 2.94 bits per heavy atom. The van der Waals surface area contributed by atoms with Crippen molar-refractivity contribution >= 4 is 17.3 Å². The van der Waals surface area contributed by atoms with Gasteiger partial charge in [-0.25, -0.2) is 0 Å². The lowest BCUT2D eigenvalue weighted by atomic mass is 10.2. The Bertz CT molecular complexity index is 378. The molecule has 1 heterocycles. The summed E-state index contributed by atoms with van der Waals surface area (Å²) >= 11 is 6.19. The summed E-state index contributed by atoms with van der Waals surface area (Å²) in [5.41, 5.74) is 1.15. The van der Waals surface area contributed by atoms with E-state index in [-0.39, 0.29) is 0 Å². The van der Waals surface area contributed by atoms with Crippen LogP contribution < -0.4 is 15.0 Å². The molecule has 0 aromatic heterocycles. The van der Waals surface area contributed by atoms with Crippen LogP contribution in [0.25, 0.3) is 0 Å². The van der Waals surface area contributed by atoms with Crippen LogP contribution in [0.4, 0.5) is 5.69 Å². The summed E-state index contributed by atoms with van der Waals surface area (Å²) in [6.07, 6.45) is 1.18. The van der Waals surface area contributed by atoms with E-state index in [1.54, 1.807) is 0 Å².